The lowest BCUT2D eigenvalue weighted by Gasteiger charge is -2.37. The van der Waals surface area contributed by atoms with Crippen molar-refractivity contribution in [2.24, 2.45) is 0 Å². The number of rotatable bonds is 5. The molecule has 0 unspecified atom stereocenters. The minimum absolute atomic E-state index is 0.717. The van der Waals surface area contributed by atoms with Gasteiger partial charge in [0.2, 0.25) is 12.4 Å². The fraction of sp³-hybridized carbons (Fsp3) is 0.450. The van der Waals surface area contributed by atoms with Crippen LogP contribution in [0.2, 0.25) is 0 Å². The normalized spacial score (nSPS) is 17.6. The lowest BCUT2D eigenvalue weighted by Crippen LogP contribution is -2.48. The number of piperazine rings is 2. The molecule has 1 aromatic carbocycles. The van der Waals surface area contributed by atoms with Crippen molar-refractivity contribution in [2.75, 3.05) is 74.2 Å². The molecule has 2 aliphatic heterocycles. The van der Waals surface area contributed by atoms with Gasteiger partial charge in [0.25, 0.3) is 0 Å². The van der Waals surface area contributed by atoms with Crippen LogP contribution in [0.25, 0.3) is 0 Å². The molecule has 2 saturated heterocycles. The number of carbonyl (C=O) groups is 1. The van der Waals surface area contributed by atoms with Crippen molar-refractivity contribution < 1.29 is 9.53 Å². The standard InChI is InChI=1S/C20H26N6O2/c1-28-18-5-3-2-4-17(18)24-12-14-25(15-13-24)19-6-7-21-20(22-19)26-10-8-23(16-27)9-11-26/h2-7,16H,8-15H2,1H3. The van der Waals surface area contributed by atoms with Gasteiger partial charge in [-0.05, 0) is 18.2 Å². The molecule has 1 aromatic heterocycles. The Balaban J connectivity index is 1.40. The number of hydrogen-bond acceptors (Lipinski definition) is 7. The quantitative estimate of drug-likeness (QED) is 0.717. The second kappa shape index (κ2) is 8.33. The number of nitrogens with zero attached hydrogens (tertiary/aromatic N) is 6. The molecule has 0 radical (unpaired) electrons. The molecule has 3 heterocycles. The number of hydrogen-bond donors (Lipinski definition) is 0. The summed E-state index contributed by atoms with van der Waals surface area (Å²) in [4.78, 5) is 28.7. The second-order valence-corrected chi connectivity index (χ2v) is 6.99. The van der Waals surface area contributed by atoms with Gasteiger partial charge in [0.1, 0.15) is 11.6 Å². The molecule has 1 amide bonds. The maximum absolute atomic E-state index is 10.9. The van der Waals surface area contributed by atoms with E-state index in [-0.39, 0.29) is 0 Å². The largest absolute Gasteiger partial charge is 0.495 e. The second-order valence-electron chi connectivity index (χ2n) is 6.99. The highest BCUT2D eigenvalue weighted by molar-refractivity contribution is 5.59. The minimum Gasteiger partial charge on any atom is -0.495 e. The van der Waals surface area contributed by atoms with Crippen molar-refractivity contribution in [1.29, 1.82) is 0 Å². The first-order chi connectivity index (χ1) is 13.8. The number of benzene rings is 1. The van der Waals surface area contributed by atoms with E-state index < -0.39 is 0 Å². The zero-order valence-corrected chi connectivity index (χ0v) is 16.2. The van der Waals surface area contributed by atoms with E-state index in [0.29, 0.717) is 13.1 Å². The molecular formula is C20H26N6O2. The Morgan fingerprint density at radius 3 is 2.29 bits per heavy atom. The van der Waals surface area contributed by atoms with E-state index in [2.05, 4.69) is 25.8 Å². The van der Waals surface area contributed by atoms with E-state index >= 15 is 0 Å². The zero-order valence-electron chi connectivity index (χ0n) is 16.2. The summed E-state index contributed by atoms with van der Waals surface area (Å²) in [5.74, 6) is 2.62. The molecule has 0 bridgehead atoms. The zero-order chi connectivity index (χ0) is 19.3. The molecule has 4 rings (SSSR count). The van der Waals surface area contributed by atoms with E-state index in [9.17, 15) is 4.79 Å². The van der Waals surface area contributed by atoms with Gasteiger partial charge in [0.15, 0.2) is 0 Å². The molecule has 2 fully saturated rings. The van der Waals surface area contributed by atoms with E-state index in [1.165, 1.54) is 0 Å². The Kier molecular flexibility index (Phi) is 5.45. The Hall–Kier alpha value is -3.03. The molecule has 0 N–H and O–H groups in total. The average Bonchev–Trinajstić information content (AvgIpc) is 2.79. The molecule has 0 spiro atoms. The highest BCUT2D eigenvalue weighted by atomic mass is 16.5. The van der Waals surface area contributed by atoms with E-state index in [1.807, 2.05) is 30.5 Å². The summed E-state index contributed by atoms with van der Waals surface area (Å²) in [7, 11) is 1.71. The van der Waals surface area contributed by atoms with Crippen LogP contribution in [0.1, 0.15) is 0 Å². The smallest absolute Gasteiger partial charge is 0.227 e. The predicted molar refractivity (Wildman–Crippen MR) is 109 cm³/mol. The van der Waals surface area contributed by atoms with Gasteiger partial charge in [-0.25, -0.2) is 4.98 Å². The van der Waals surface area contributed by atoms with Crippen LogP contribution in [-0.4, -0.2) is 80.7 Å². The Morgan fingerprint density at radius 2 is 1.57 bits per heavy atom. The molecule has 0 saturated carbocycles. The number of methoxy groups -OCH3 is 1. The third-order valence-corrected chi connectivity index (χ3v) is 5.40. The van der Waals surface area contributed by atoms with Crippen molar-refractivity contribution in [3.63, 3.8) is 0 Å². The van der Waals surface area contributed by atoms with Crippen LogP contribution < -0.4 is 19.4 Å². The summed E-state index contributed by atoms with van der Waals surface area (Å²) in [5.41, 5.74) is 1.14. The molecule has 8 heteroatoms. The molecule has 0 aliphatic carbocycles. The number of para-hydroxylation sites is 2. The van der Waals surface area contributed by atoms with Gasteiger partial charge < -0.3 is 24.3 Å². The lowest BCUT2D eigenvalue weighted by atomic mass is 10.2. The van der Waals surface area contributed by atoms with Crippen LogP contribution in [0.15, 0.2) is 36.5 Å². The number of carbonyl (C=O) groups excluding carboxylic acids is 1. The first kappa shape index (κ1) is 18.3. The molecule has 8 nitrogen and oxygen atoms in total. The Bertz CT molecular complexity index is 801. The van der Waals surface area contributed by atoms with Crippen molar-refractivity contribution in [2.45, 2.75) is 0 Å². The van der Waals surface area contributed by atoms with Crippen molar-refractivity contribution in [1.82, 2.24) is 14.9 Å². The van der Waals surface area contributed by atoms with Crippen LogP contribution in [0.3, 0.4) is 0 Å². The maximum Gasteiger partial charge on any atom is 0.227 e. The van der Waals surface area contributed by atoms with Crippen LogP contribution in [0.5, 0.6) is 5.75 Å². The fourth-order valence-corrected chi connectivity index (χ4v) is 3.76. The number of anilines is 3. The monoisotopic (exact) mass is 382 g/mol. The average molecular weight is 382 g/mol. The SMILES string of the molecule is COc1ccccc1N1CCN(c2ccnc(N3CCN(C=O)CC3)n2)CC1. The first-order valence-electron chi connectivity index (χ1n) is 9.69. The van der Waals surface area contributed by atoms with E-state index in [1.54, 1.807) is 12.0 Å². The highest BCUT2D eigenvalue weighted by Gasteiger charge is 2.22. The van der Waals surface area contributed by atoms with Crippen molar-refractivity contribution in [3.8, 4) is 5.75 Å². The van der Waals surface area contributed by atoms with Gasteiger partial charge in [-0.2, -0.15) is 4.98 Å². The molecular weight excluding hydrogens is 356 g/mol. The summed E-state index contributed by atoms with van der Waals surface area (Å²) in [6.07, 6.45) is 2.74. The third kappa shape index (κ3) is 3.81. The van der Waals surface area contributed by atoms with Gasteiger partial charge >= 0.3 is 0 Å². The van der Waals surface area contributed by atoms with Crippen molar-refractivity contribution >= 4 is 23.9 Å². The maximum atomic E-state index is 10.9. The molecule has 0 atom stereocenters. The van der Waals surface area contributed by atoms with Crippen LogP contribution >= 0.6 is 0 Å². The molecule has 148 valence electrons. The van der Waals surface area contributed by atoms with Gasteiger partial charge in [-0.15, -0.1) is 0 Å². The molecule has 2 aromatic rings. The highest BCUT2D eigenvalue weighted by Crippen LogP contribution is 2.29. The van der Waals surface area contributed by atoms with E-state index in [4.69, 9.17) is 9.72 Å². The van der Waals surface area contributed by atoms with Crippen LogP contribution in [-0.2, 0) is 4.79 Å². The summed E-state index contributed by atoms with van der Waals surface area (Å²) in [6.45, 7) is 6.59. The third-order valence-electron chi connectivity index (χ3n) is 5.40. The number of ether oxygens (including phenoxy) is 1. The van der Waals surface area contributed by atoms with Gasteiger partial charge in [0.05, 0.1) is 12.8 Å². The summed E-state index contributed by atoms with van der Waals surface area (Å²) in [5, 5.41) is 0. The summed E-state index contributed by atoms with van der Waals surface area (Å²) < 4.78 is 5.50. The topological polar surface area (TPSA) is 65.0 Å². The minimum atomic E-state index is 0.717. The van der Waals surface area contributed by atoms with Crippen LogP contribution in [0.4, 0.5) is 17.5 Å². The van der Waals surface area contributed by atoms with Gasteiger partial charge in [0, 0.05) is 58.6 Å². The first-order valence-corrected chi connectivity index (χ1v) is 9.69. The van der Waals surface area contributed by atoms with Gasteiger partial charge in [-0.1, -0.05) is 12.1 Å². The molecule has 2 aliphatic rings. The number of aromatic nitrogens is 2. The summed E-state index contributed by atoms with van der Waals surface area (Å²) >= 11 is 0. The molecule has 28 heavy (non-hydrogen) atoms. The Labute approximate surface area is 165 Å². The Morgan fingerprint density at radius 1 is 0.893 bits per heavy atom. The predicted octanol–water partition coefficient (Wildman–Crippen LogP) is 1.09. The summed E-state index contributed by atoms with van der Waals surface area (Å²) in [6, 6.07) is 10.1. The van der Waals surface area contributed by atoms with Gasteiger partial charge in [-0.3, -0.25) is 4.79 Å². The lowest BCUT2D eigenvalue weighted by molar-refractivity contribution is -0.118. The fourth-order valence-electron chi connectivity index (χ4n) is 3.76. The van der Waals surface area contributed by atoms with E-state index in [0.717, 1.165) is 68.9 Å². The van der Waals surface area contributed by atoms with Crippen molar-refractivity contribution in [3.05, 3.63) is 36.5 Å². The van der Waals surface area contributed by atoms with Crippen LogP contribution in [0, 0.1) is 0 Å². The number of amides is 1.